The van der Waals surface area contributed by atoms with Crippen molar-refractivity contribution in [3.8, 4) is 0 Å². The van der Waals surface area contributed by atoms with Gasteiger partial charge < -0.3 is 14.1 Å². The number of amides is 1. The summed E-state index contributed by atoms with van der Waals surface area (Å²) in [7, 11) is 1.30. The smallest absolute Gasteiger partial charge is 0.337 e. The van der Waals surface area contributed by atoms with E-state index in [1.54, 1.807) is 42.5 Å². The standard InChI is InChI=1S/C20H14ClNO5/c1-26-20(25)11-5-7-12(8-6-11)22-10-9-14-16(23)13-3-2-4-15(21)17(13)27-18(14)19(22)24/h2-8H,9-10H2,1H3. The Morgan fingerprint density at radius 1 is 1.15 bits per heavy atom. The van der Waals surface area contributed by atoms with Crippen molar-refractivity contribution < 1.29 is 18.7 Å². The van der Waals surface area contributed by atoms with Crippen LogP contribution < -0.4 is 10.3 Å². The number of esters is 1. The second-order valence-electron chi connectivity index (χ2n) is 6.10. The van der Waals surface area contributed by atoms with Gasteiger partial charge in [-0.25, -0.2) is 4.79 Å². The number of para-hydroxylation sites is 1. The number of methoxy groups -OCH3 is 1. The molecular formula is C20H14ClNO5. The van der Waals surface area contributed by atoms with Crippen LogP contribution in [0.25, 0.3) is 11.0 Å². The molecule has 0 saturated carbocycles. The van der Waals surface area contributed by atoms with Gasteiger partial charge in [0.2, 0.25) is 0 Å². The van der Waals surface area contributed by atoms with Crippen LogP contribution in [-0.4, -0.2) is 25.5 Å². The number of anilines is 1. The van der Waals surface area contributed by atoms with Gasteiger partial charge in [0.15, 0.2) is 16.8 Å². The average Bonchev–Trinajstić information content (AvgIpc) is 2.69. The third-order valence-electron chi connectivity index (χ3n) is 4.59. The summed E-state index contributed by atoms with van der Waals surface area (Å²) in [5.41, 5.74) is 1.31. The van der Waals surface area contributed by atoms with Crippen molar-refractivity contribution in [2.45, 2.75) is 6.42 Å². The highest BCUT2D eigenvalue weighted by Gasteiger charge is 2.31. The second kappa shape index (κ2) is 6.55. The van der Waals surface area contributed by atoms with Gasteiger partial charge in [-0.15, -0.1) is 0 Å². The molecule has 2 heterocycles. The Labute approximate surface area is 158 Å². The Hall–Kier alpha value is -3.12. The van der Waals surface area contributed by atoms with E-state index in [1.807, 2.05) is 0 Å². The Balaban J connectivity index is 1.77. The predicted molar refractivity (Wildman–Crippen MR) is 101 cm³/mol. The predicted octanol–water partition coefficient (Wildman–Crippen LogP) is 3.44. The Kier molecular flexibility index (Phi) is 4.20. The number of carbonyl (C=O) groups excluding carboxylic acids is 2. The molecule has 0 fully saturated rings. The highest BCUT2D eigenvalue weighted by molar-refractivity contribution is 6.34. The van der Waals surface area contributed by atoms with Crippen LogP contribution in [0.2, 0.25) is 5.02 Å². The first-order chi connectivity index (χ1) is 13.0. The summed E-state index contributed by atoms with van der Waals surface area (Å²) >= 11 is 6.13. The Morgan fingerprint density at radius 3 is 2.59 bits per heavy atom. The number of rotatable bonds is 2. The number of hydrogen-bond acceptors (Lipinski definition) is 5. The van der Waals surface area contributed by atoms with E-state index in [-0.39, 0.29) is 21.8 Å². The van der Waals surface area contributed by atoms with Crippen molar-refractivity contribution >= 4 is 40.1 Å². The molecule has 1 amide bonds. The van der Waals surface area contributed by atoms with Gasteiger partial charge >= 0.3 is 5.97 Å². The summed E-state index contributed by atoms with van der Waals surface area (Å²) in [6.07, 6.45) is 0.366. The summed E-state index contributed by atoms with van der Waals surface area (Å²) in [4.78, 5) is 38.8. The number of fused-ring (bicyclic) bond motifs is 2. The van der Waals surface area contributed by atoms with Crippen LogP contribution in [0.4, 0.5) is 5.69 Å². The van der Waals surface area contributed by atoms with Crippen LogP contribution in [0.3, 0.4) is 0 Å². The molecule has 136 valence electrons. The SMILES string of the molecule is COC(=O)c1ccc(N2CCc3c(oc4c(Cl)cccc4c3=O)C2=O)cc1. The molecule has 0 aliphatic carbocycles. The summed E-state index contributed by atoms with van der Waals surface area (Å²) in [6.45, 7) is 0.334. The van der Waals surface area contributed by atoms with Crippen molar-refractivity contribution in [2.24, 2.45) is 0 Å². The van der Waals surface area contributed by atoms with E-state index in [2.05, 4.69) is 4.74 Å². The maximum absolute atomic E-state index is 13.0. The number of halogens is 1. The van der Waals surface area contributed by atoms with Crippen LogP contribution in [0, 0.1) is 0 Å². The molecule has 0 spiro atoms. The van der Waals surface area contributed by atoms with Gasteiger partial charge in [0.1, 0.15) is 0 Å². The first-order valence-electron chi connectivity index (χ1n) is 8.25. The molecule has 0 N–H and O–H groups in total. The first-order valence-corrected chi connectivity index (χ1v) is 8.63. The molecule has 0 radical (unpaired) electrons. The zero-order valence-electron chi connectivity index (χ0n) is 14.3. The maximum Gasteiger partial charge on any atom is 0.337 e. The van der Waals surface area contributed by atoms with Crippen molar-refractivity contribution in [3.05, 3.63) is 74.6 Å². The third kappa shape index (κ3) is 2.78. The van der Waals surface area contributed by atoms with Crippen LogP contribution in [-0.2, 0) is 11.2 Å². The molecule has 1 aliphatic rings. The average molecular weight is 384 g/mol. The molecule has 0 unspecified atom stereocenters. The van der Waals surface area contributed by atoms with Crippen LogP contribution in [0.5, 0.6) is 0 Å². The zero-order chi connectivity index (χ0) is 19.1. The molecule has 1 aromatic heterocycles. The summed E-state index contributed by atoms with van der Waals surface area (Å²) in [6, 6.07) is 11.4. The van der Waals surface area contributed by atoms with E-state index in [0.717, 1.165) is 0 Å². The maximum atomic E-state index is 13.0. The molecule has 4 rings (SSSR count). The van der Waals surface area contributed by atoms with Gasteiger partial charge in [-0.2, -0.15) is 0 Å². The highest BCUT2D eigenvalue weighted by atomic mass is 35.5. The topological polar surface area (TPSA) is 76.8 Å². The lowest BCUT2D eigenvalue weighted by Crippen LogP contribution is -2.40. The molecule has 0 bridgehead atoms. The number of benzene rings is 2. The van der Waals surface area contributed by atoms with E-state index >= 15 is 0 Å². The van der Waals surface area contributed by atoms with E-state index in [0.29, 0.717) is 35.2 Å². The molecule has 6 nitrogen and oxygen atoms in total. The monoisotopic (exact) mass is 383 g/mol. The fraction of sp³-hybridized carbons (Fsp3) is 0.150. The van der Waals surface area contributed by atoms with Gasteiger partial charge in [-0.05, 0) is 42.8 Å². The van der Waals surface area contributed by atoms with Crippen LogP contribution in [0.15, 0.2) is 51.7 Å². The molecule has 7 heteroatoms. The van der Waals surface area contributed by atoms with Gasteiger partial charge in [0.05, 0.1) is 28.6 Å². The van der Waals surface area contributed by atoms with Gasteiger partial charge in [-0.1, -0.05) is 17.7 Å². The van der Waals surface area contributed by atoms with E-state index in [9.17, 15) is 14.4 Å². The van der Waals surface area contributed by atoms with Crippen LogP contribution in [0.1, 0.15) is 26.5 Å². The molecular weight excluding hydrogens is 370 g/mol. The molecule has 0 atom stereocenters. The zero-order valence-corrected chi connectivity index (χ0v) is 15.1. The minimum atomic E-state index is -0.455. The summed E-state index contributed by atoms with van der Waals surface area (Å²) in [5.74, 6) is -0.867. The largest absolute Gasteiger partial charge is 0.465 e. The van der Waals surface area contributed by atoms with Gasteiger partial charge in [0.25, 0.3) is 5.91 Å². The normalized spacial score (nSPS) is 13.6. The van der Waals surface area contributed by atoms with E-state index < -0.39 is 11.9 Å². The summed E-state index contributed by atoms with van der Waals surface area (Å²) in [5, 5.41) is 0.643. The van der Waals surface area contributed by atoms with E-state index in [1.165, 1.54) is 12.0 Å². The minimum absolute atomic E-state index is 0.00361. The van der Waals surface area contributed by atoms with Crippen molar-refractivity contribution in [2.75, 3.05) is 18.6 Å². The number of hydrogen-bond donors (Lipinski definition) is 0. The van der Waals surface area contributed by atoms with Crippen molar-refractivity contribution in [1.29, 1.82) is 0 Å². The van der Waals surface area contributed by atoms with Gasteiger partial charge in [0, 0.05) is 12.2 Å². The number of ether oxygens (including phenoxy) is 1. The third-order valence-corrected chi connectivity index (χ3v) is 4.89. The lowest BCUT2D eigenvalue weighted by Gasteiger charge is -2.27. The Bertz CT molecular complexity index is 1130. The molecule has 1 aliphatic heterocycles. The van der Waals surface area contributed by atoms with Crippen LogP contribution >= 0.6 is 11.6 Å². The van der Waals surface area contributed by atoms with Gasteiger partial charge in [-0.3, -0.25) is 9.59 Å². The molecule has 3 aromatic rings. The second-order valence-corrected chi connectivity index (χ2v) is 6.51. The molecule has 27 heavy (non-hydrogen) atoms. The van der Waals surface area contributed by atoms with E-state index in [4.69, 9.17) is 16.0 Å². The fourth-order valence-corrected chi connectivity index (χ4v) is 3.42. The highest BCUT2D eigenvalue weighted by Crippen LogP contribution is 2.28. The lowest BCUT2D eigenvalue weighted by atomic mass is 10.0. The molecule has 2 aromatic carbocycles. The van der Waals surface area contributed by atoms with Crippen molar-refractivity contribution in [1.82, 2.24) is 0 Å². The molecule has 0 saturated heterocycles. The quantitative estimate of drug-likeness (QED) is 0.633. The minimum Gasteiger partial charge on any atom is -0.465 e. The first kappa shape index (κ1) is 17.3. The lowest BCUT2D eigenvalue weighted by molar-refractivity contribution is 0.0600. The fourth-order valence-electron chi connectivity index (χ4n) is 3.21. The van der Waals surface area contributed by atoms with Crippen molar-refractivity contribution in [3.63, 3.8) is 0 Å². The summed E-state index contributed by atoms with van der Waals surface area (Å²) < 4.78 is 10.4. The Morgan fingerprint density at radius 2 is 1.89 bits per heavy atom. The number of carbonyl (C=O) groups is 2. The number of nitrogens with zero attached hydrogens (tertiary/aromatic N) is 1.